The van der Waals surface area contributed by atoms with Crippen LogP contribution in [-0.2, 0) is 11.3 Å². The number of ether oxygens (including phenoxy) is 2. The molecular weight excluding hydrogens is 192 g/mol. The molecule has 1 atom stereocenters. The zero-order chi connectivity index (χ0) is 10.5. The Labute approximate surface area is 89.4 Å². The second-order valence-corrected chi connectivity index (χ2v) is 3.71. The Balaban J connectivity index is 1.91. The SMILES string of the molecule is NCc1cccnc1OCC1CCOC1. The number of nitrogens with two attached hydrogens (primary N) is 1. The van der Waals surface area contributed by atoms with E-state index in [1.54, 1.807) is 6.20 Å². The molecule has 0 saturated carbocycles. The van der Waals surface area contributed by atoms with Gasteiger partial charge >= 0.3 is 0 Å². The molecule has 4 nitrogen and oxygen atoms in total. The lowest BCUT2D eigenvalue weighted by atomic mass is 10.1. The van der Waals surface area contributed by atoms with Crippen molar-refractivity contribution in [1.29, 1.82) is 0 Å². The van der Waals surface area contributed by atoms with Crippen molar-refractivity contribution in [3.05, 3.63) is 23.9 Å². The lowest BCUT2D eigenvalue weighted by Gasteiger charge is -2.11. The molecule has 2 N–H and O–H groups in total. The average Bonchev–Trinajstić information content (AvgIpc) is 2.79. The van der Waals surface area contributed by atoms with Gasteiger partial charge in [0.1, 0.15) is 0 Å². The summed E-state index contributed by atoms with van der Waals surface area (Å²) in [7, 11) is 0. The van der Waals surface area contributed by atoms with E-state index in [0.29, 0.717) is 24.9 Å². The van der Waals surface area contributed by atoms with Crippen LogP contribution in [0.15, 0.2) is 18.3 Å². The van der Waals surface area contributed by atoms with Crippen LogP contribution in [0.4, 0.5) is 0 Å². The van der Waals surface area contributed by atoms with E-state index in [1.165, 1.54) is 0 Å². The minimum Gasteiger partial charge on any atom is -0.477 e. The summed E-state index contributed by atoms with van der Waals surface area (Å²) in [5.41, 5.74) is 6.54. The molecule has 0 spiro atoms. The third kappa shape index (κ3) is 2.67. The molecule has 1 aliphatic heterocycles. The van der Waals surface area contributed by atoms with Crippen LogP contribution in [0.3, 0.4) is 0 Å². The van der Waals surface area contributed by atoms with E-state index in [2.05, 4.69) is 4.98 Å². The van der Waals surface area contributed by atoms with Crippen LogP contribution in [-0.4, -0.2) is 24.8 Å². The maximum absolute atomic E-state index is 5.64. The van der Waals surface area contributed by atoms with Gasteiger partial charge in [-0.1, -0.05) is 6.07 Å². The molecule has 1 aromatic heterocycles. The lowest BCUT2D eigenvalue weighted by molar-refractivity contribution is 0.165. The zero-order valence-corrected chi connectivity index (χ0v) is 8.69. The largest absolute Gasteiger partial charge is 0.477 e. The zero-order valence-electron chi connectivity index (χ0n) is 8.69. The van der Waals surface area contributed by atoms with Gasteiger partial charge in [0.2, 0.25) is 5.88 Å². The van der Waals surface area contributed by atoms with Gasteiger partial charge in [-0.15, -0.1) is 0 Å². The van der Waals surface area contributed by atoms with Gasteiger partial charge in [0.05, 0.1) is 13.2 Å². The minimum absolute atomic E-state index is 0.463. The first-order valence-corrected chi connectivity index (χ1v) is 5.24. The van der Waals surface area contributed by atoms with Crippen molar-refractivity contribution in [3.63, 3.8) is 0 Å². The van der Waals surface area contributed by atoms with Crippen molar-refractivity contribution in [1.82, 2.24) is 4.98 Å². The van der Waals surface area contributed by atoms with Gasteiger partial charge in [0.15, 0.2) is 0 Å². The summed E-state index contributed by atoms with van der Waals surface area (Å²) in [6.45, 7) is 2.78. The van der Waals surface area contributed by atoms with Gasteiger partial charge in [-0.3, -0.25) is 0 Å². The summed E-state index contributed by atoms with van der Waals surface area (Å²) >= 11 is 0. The Kier molecular flexibility index (Phi) is 3.53. The first-order chi connectivity index (χ1) is 7.40. The van der Waals surface area contributed by atoms with Crippen molar-refractivity contribution in [3.8, 4) is 5.88 Å². The normalized spacial score (nSPS) is 20.5. The Bertz CT molecular complexity index is 311. The molecular formula is C11H16N2O2. The number of aromatic nitrogens is 1. The van der Waals surface area contributed by atoms with Crippen LogP contribution in [0.5, 0.6) is 5.88 Å². The van der Waals surface area contributed by atoms with E-state index in [1.807, 2.05) is 12.1 Å². The van der Waals surface area contributed by atoms with Crippen molar-refractivity contribution in [2.24, 2.45) is 11.7 Å². The van der Waals surface area contributed by atoms with Crippen molar-refractivity contribution in [2.75, 3.05) is 19.8 Å². The second kappa shape index (κ2) is 5.09. The van der Waals surface area contributed by atoms with E-state index in [4.69, 9.17) is 15.2 Å². The molecule has 4 heteroatoms. The smallest absolute Gasteiger partial charge is 0.217 e. The van der Waals surface area contributed by atoms with Crippen LogP contribution in [0, 0.1) is 5.92 Å². The van der Waals surface area contributed by atoms with E-state index in [0.717, 1.165) is 25.2 Å². The van der Waals surface area contributed by atoms with E-state index < -0.39 is 0 Å². The fourth-order valence-corrected chi connectivity index (χ4v) is 1.62. The number of nitrogens with zero attached hydrogens (tertiary/aromatic N) is 1. The third-order valence-electron chi connectivity index (χ3n) is 2.55. The monoisotopic (exact) mass is 208 g/mol. The molecule has 1 saturated heterocycles. The van der Waals surface area contributed by atoms with Crippen molar-refractivity contribution >= 4 is 0 Å². The number of hydrogen-bond acceptors (Lipinski definition) is 4. The lowest BCUT2D eigenvalue weighted by Crippen LogP contribution is -2.13. The summed E-state index contributed by atoms with van der Waals surface area (Å²) in [6.07, 6.45) is 2.80. The highest BCUT2D eigenvalue weighted by Crippen LogP contribution is 2.17. The molecule has 1 aromatic rings. The van der Waals surface area contributed by atoms with Gasteiger partial charge in [-0.05, 0) is 12.5 Å². The molecule has 0 bridgehead atoms. The molecule has 0 radical (unpaired) electrons. The number of rotatable bonds is 4. The van der Waals surface area contributed by atoms with Gasteiger partial charge in [0, 0.05) is 30.8 Å². The number of hydrogen-bond donors (Lipinski definition) is 1. The molecule has 1 unspecified atom stereocenters. The molecule has 0 aromatic carbocycles. The van der Waals surface area contributed by atoms with Crippen LogP contribution in [0.1, 0.15) is 12.0 Å². The van der Waals surface area contributed by atoms with Gasteiger partial charge in [0.25, 0.3) is 0 Å². The fraction of sp³-hybridized carbons (Fsp3) is 0.545. The first-order valence-electron chi connectivity index (χ1n) is 5.24. The van der Waals surface area contributed by atoms with Crippen molar-refractivity contribution in [2.45, 2.75) is 13.0 Å². The predicted molar refractivity (Wildman–Crippen MR) is 56.5 cm³/mol. The summed E-state index contributed by atoms with van der Waals surface area (Å²) in [4.78, 5) is 4.17. The van der Waals surface area contributed by atoms with Gasteiger partial charge in [-0.25, -0.2) is 4.98 Å². The summed E-state index contributed by atoms with van der Waals surface area (Å²) in [5.74, 6) is 1.16. The average molecular weight is 208 g/mol. The van der Waals surface area contributed by atoms with Gasteiger partial charge in [-0.2, -0.15) is 0 Å². The minimum atomic E-state index is 0.463. The van der Waals surface area contributed by atoms with Crippen LogP contribution in [0.25, 0.3) is 0 Å². The van der Waals surface area contributed by atoms with Crippen molar-refractivity contribution < 1.29 is 9.47 Å². The highest BCUT2D eigenvalue weighted by atomic mass is 16.5. The molecule has 1 aliphatic rings. The molecule has 0 amide bonds. The highest BCUT2D eigenvalue weighted by Gasteiger charge is 2.16. The van der Waals surface area contributed by atoms with Gasteiger partial charge < -0.3 is 15.2 Å². The summed E-state index contributed by atoms with van der Waals surface area (Å²) < 4.78 is 10.9. The van der Waals surface area contributed by atoms with E-state index >= 15 is 0 Å². The summed E-state index contributed by atoms with van der Waals surface area (Å²) in [5, 5.41) is 0. The standard InChI is InChI=1S/C11H16N2O2/c12-6-10-2-1-4-13-11(10)15-8-9-3-5-14-7-9/h1-2,4,9H,3,5-8,12H2. The Morgan fingerprint density at radius 3 is 3.27 bits per heavy atom. The fourth-order valence-electron chi connectivity index (χ4n) is 1.62. The molecule has 2 heterocycles. The number of pyridine rings is 1. The van der Waals surface area contributed by atoms with Crippen LogP contribution < -0.4 is 10.5 Å². The van der Waals surface area contributed by atoms with E-state index in [9.17, 15) is 0 Å². The maximum atomic E-state index is 5.64. The Morgan fingerprint density at radius 2 is 2.53 bits per heavy atom. The molecule has 2 rings (SSSR count). The van der Waals surface area contributed by atoms with Crippen LogP contribution >= 0.6 is 0 Å². The quantitative estimate of drug-likeness (QED) is 0.800. The Morgan fingerprint density at radius 1 is 1.60 bits per heavy atom. The molecule has 82 valence electrons. The highest BCUT2D eigenvalue weighted by molar-refractivity contribution is 5.24. The second-order valence-electron chi connectivity index (χ2n) is 3.71. The third-order valence-corrected chi connectivity index (χ3v) is 2.55. The summed E-state index contributed by atoms with van der Waals surface area (Å²) in [6, 6.07) is 3.81. The maximum Gasteiger partial charge on any atom is 0.217 e. The Hall–Kier alpha value is -1.13. The predicted octanol–water partition coefficient (Wildman–Crippen LogP) is 0.956. The molecule has 1 fully saturated rings. The molecule has 15 heavy (non-hydrogen) atoms. The van der Waals surface area contributed by atoms with Crippen LogP contribution in [0.2, 0.25) is 0 Å². The first kappa shape index (κ1) is 10.4. The molecule has 0 aliphatic carbocycles. The topological polar surface area (TPSA) is 57.4 Å². The van der Waals surface area contributed by atoms with E-state index in [-0.39, 0.29) is 0 Å².